The van der Waals surface area contributed by atoms with E-state index in [2.05, 4.69) is 0 Å². The molecule has 0 heterocycles. The topological polar surface area (TPSA) is 106 Å². The summed E-state index contributed by atoms with van der Waals surface area (Å²) in [6.45, 7) is 1.19. The maximum atomic E-state index is 10.4. The quantitative estimate of drug-likeness (QED) is 0.598. The zero-order valence-electron chi connectivity index (χ0n) is 7.63. The van der Waals surface area contributed by atoms with E-state index in [1.54, 1.807) is 18.2 Å². The molecule has 5 N–H and O–H groups in total. The van der Waals surface area contributed by atoms with E-state index in [9.17, 15) is 8.42 Å². The van der Waals surface area contributed by atoms with E-state index in [0.717, 1.165) is 0 Å². The third-order valence-corrected chi connectivity index (χ3v) is 2.08. The van der Waals surface area contributed by atoms with Crippen LogP contribution in [0.2, 0.25) is 0 Å². The first-order valence-electron chi connectivity index (χ1n) is 3.95. The SMILES string of the molecule is NCCN.O=S(=O)(O)c1ccccc1. The van der Waals surface area contributed by atoms with Crippen LogP contribution in [0, 0.1) is 0 Å². The Labute approximate surface area is 83.5 Å². The molecule has 0 aromatic heterocycles. The van der Waals surface area contributed by atoms with E-state index in [0.29, 0.717) is 13.1 Å². The van der Waals surface area contributed by atoms with Crippen LogP contribution in [0.4, 0.5) is 0 Å². The van der Waals surface area contributed by atoms with Crippen LogP contribution < -0.4 is 11.5 Å². The van der Waals surface area contributed by atoms with Gasteiger partial charge in [0.25, 0.3) is 10.1 Å². The van der Waals surface area contributed by atoms with Crippen LogP contribution in [0.1, 0.15) is 0 Å². The van der Waals surface area contributed by atoms with Crippen molar-refractivity contribution in [3.8, 4) is 0 Å². The average Bonchev–Trinajstić information content (AvgIpc) is 2.18. The number of nitrogens with two attached hydrogens (primary N) is 2. The van der Waals surface area contributed by atoms with E-state index in [4.69, 9.17) is 16.0 Å². The van der Waals surface area contributed by atoms with Crippen molar-refractivity contribution in [2.75, 3.05) is 13.1 Å². The molecule has 0 saturated carbocycles. The third kappa shape index (κ3) is 5.65. The zero-order chi connectivity index (χ0) is 11.0. The Morgan fingerprint density at radius 1 is 1.07 bits per heavy atom. The number of hydrogen-bond acceptors (Lipinski definition) is 4. The van der Waals surface area contributed by atoms with Crippen LogP contribution in [0.3, 0.4) is 0 Å². The second-order valence-electron chi connectivity index (χ2n) is 2.37. The predicted molar refractivity (Wildman–Crippen MR) is 54.4 cm³/mol. The van der Waals surface area contributed by atoms with E-state index in [1.807, 2.05) is 0 Å². The van der Waals surface area contributed by atoms with Gasteiger partial charge in [-0.05, 0) is 12.1 Å². The van der Waals surface area contributed by atoms with E-state index < -0.39 is 10.1 Å². The normalized spacial score (nSPS) is 10.2. The smallest absolute Gasteiger partial charge is 0.294 e. The van der Waals surface area contributed by atoms with Crippen molar-refractivity contribution in [3.05, 3.63) is 30.3 Å². The maximum absolute atomic E-state index is 10.4. The highest BCUT2D eigenvalue weighted by Crippen LogP contribution is 2.05. The van der Waals surface area contributed by atoms with E-state index >= 15 is 0 Å². The Balaban J connectivity index is 0.000000364. The standard InChI is InChI=1S/C6H6O3S.C2H8N2/c7-10(8,9)6-4-2-1-3-5-6;3-1-2-4/h1-5H,(H,7,8,9);1-4H2. The van der Waals surface area contributed by atoms with E-state index in [-0.39, 0.29) is 4.90 Å². The summed E-state index contributed by atoms with van der Waals surface area (Å²) in [5, 5.41) is 0. The first-order valence-corrected chi connectivity index (χ1v) is 5.39. The van der Waals surface area contributed by atoms with Crippen molar-refractivity contribution in [1.82, 2.24) is 0 Å². The molecule has 0 amide bonds. The highest BCUT2D eigenvalue weighted by Gasteiger charge is 2.05. The molecule has 0 aliphatic heterocycles. The van der Waals surface area contributed by atoms with Crippen LogP contribution in [-0.4, -0.2) is 26.1 Å². The summed E-state index contributed by atoms with van der Waals surface area (Å²) in [4.78, 5) is -0.0741. The third-order valence-electron chi connectivity index (χ3n) is 1.21. The molecule has 6 heteroatoms. The van der Waals surface area contributed by atoms with Gasteiger partial charge in [-0.15, -0.1) is 0 Å². The molecule has 0 atom stereocenters. The summed E-state index contributed by atoms with van der Waals surface area (Å²) in [6.07, 6.45) is 0. The summed E-state index contributed by atoms with van der Waals surface area (Å²) in [6, 6.07) is 7.42. The minimum absolute atomic E-state index is 0.0741. The van der Waals surface area contributed by atoms with Crippen LogP contribution in [0.15, 0.2) is 35.2 Å². The van der Waals surface area contributed by atoms with Gasteiger partial charge in [0.05, 0.1) is 4.90 Å². The fourth-order valence-electron chi connectivity index (χ4n) is 0.592. The van der Waals surface area contributed by atoms with Gasteiger partial charge < -0.3 is 11.5 Å². The number of rotatable bonds is 2. The van der Waals surface area contributed by atoms with Crippen LogP contribution in [0.5, 0.6) is 0 Å². The van der Waals surface area contributed by atoms with Crippen molar-refractivity contribution < 1.29 is 13.0 Å². The van der Waals surface area contributed by atoms with Gasteiger partial charge in [-0.3, -0.25) is 4.55 Å². The van der Waals surface area contributed by atoms with Crippen molar-refractivity contribution in [1.29, 1.82) is 0 Å². The lowest BCUT2D eigenvalue weighted by atomic mass is 10.4. The Bertz CT molecular complexity index is 335. The Hall–Kier alpha value is -0.950. The fraction of sp³-hybridized carbons (Fsp3) is 0.250. The van der Waals surface area contributed by atoms with Gasteiger partial charge in [0.1, 0.15) is 0 Å². The average molecular weight is 218 g/mol. The first-order chi connectivity index (χ1) is 6.52. The predicted octanol–water partition coefficient (Wildman–Crippen LogP) is -0.163. The second kappa shape index (κ2) is 6.50. The molecule has 1 rings (SSSR count). The van der Waals surface area contributed by atoms with Gasteiger partial charge in [0.2, 0.25) is 0 Å². The fourth-order valence-corrected chi connectivity index (χ4v) is 1.09. The summed E-state index contributed by atoms with van der Waals surface area (Å²) < 4.78 is 29.2. The van der Waals surface area contributed by atoms with Crippen molar-refractivity contribution in [3.63, 3.8) is 0 Å². The van der Waals surface area contributed by atoms with Gasteiger partial charge in [0, 0.05) is 13.1 Å². The highest BCUT2D eigenvalue weighted by atomic mass is 32.2. The second-order valence-corrected chi connectivity index (χ2v) is 3.79. The molecular formula is C8H14N2O3S. The maximum Gasteiger partial charge on any atom is 0.294 e. The largest absolute Gasteiger partial charge is 0.329 e. The lowest BCUT2D eigenvalue weighted by molar-refractivity contribution is 0.483. The molecule has 0 aliphatic carbocycles. The molecule has 80 valence electrons. The summed E-state index contributed by atoms with van der Waals surface area (Å²) >= 11 is 0. The Kier molecular flexibility index (Phi) is 6.06. The molecule has 0 spiro atoms. The molecule has 0 fully saturated rings. The summed E-state index contributed by atoms with van der Waals surface area (Å²) in [5.74, 6) is 0. The Morgan fingerprint density at radius 2 is 1.50 bits per heavy atom. The molecule has 5 nitrogen and oxygen atoms in total. The highest BCUT2D eigenvalue weighted by molar-refractivity contribution is 7.85. The van der Waals surface area contributed by atoms with Gasteiger partial charge in [0.15, 0.2) is 0 Å². The van der Waals surface area contributed by atoms with Crippen LogP contribution in [0.25, 0.3) is 0 Å². The van der Waals surface area contributed by atoms with Gasteiger partial charge >= 0.3 is 0 Å². The monoisotopic (exact) mass is 218 g/mol. The number of benzene rings is 1. The molecule has 0 bridgehead atoms. The summed E-state index contributed by atoms with van der Waals surface area (Å²) in [7, 11) is -4.00. The molecular weight excluding hydrogens is 204 g/mol. The van der Waals surface area contributed by atoms with Gasteiger partial charge in [-0.25, -0.2) is 0 Å². The van der Waals surface area contributed by atoms with Crippen LogP contribution >= 0.6 is 0 Å². The molecule has 0 unspecified atom stereocenters. The van der Waals surface area contributed by atoms with Gasteiger partial charge in [-0.2, -0.15) is 8.42 Å². The van der Waals surface area contributed by atoms with E-state index in [1.165, 1.54) is 12.1 Å². The van der Waals surface area contributed by atoms with Crippen LogP contribution in [-0.2, 0) is 10.1 Å². The Morgan fingerprint density at radius 3 is 1.71 bits per heavy atom. The molecule has 1 aromatic carbocycles. The minimum Gasteiger partial charge on any atom is -0.329 e. The zero-order valence-corrected chi connectivity index (χ0v) is 8.44. The van der Waals surface area contributed by atoms with Crippen molar-refractivity contribution >= 4 is 10.1 Å². The number of hydrogen-bond donors (Lipinski definition) is 3. The van der Waals surface area contributed by atoms with Crippen molar-refractivity contribution in [2.45, 2.75) is 4.90 Å². The molecule has 0 aliphatic rings. The molecule has 0 saturated heterocycles. The molecule has 0 radical (unpaired) electrons. The summed E-state index contributed by atoms with van der Waals surface area (Å²) in [5.41, 5.74) is 9.81. The lowest BCUT2D eigenvalue weighted by Gasteiger charge is -1.92. The van der Waals surface area contributed by atoms with Gasteiger partial charge in [-0.1, -0.05) is 18.2 Å². The molecule has 14 heavy (non-hydrogen) atoms. The van der Waals surface area contributed by atoms with Crippen molar-refractivity contribution in [2.24, 2.45) is 11.5 Å². The minimum atomic E-state index is -4.00. The lowest BCUT2D eigenvalue weighted by Crippen LogP contribution is -2.11. The first kappa shape index (κ1) is 13.1. The molecule has 1 aromatic rings.